The topological polar surface area (TPSA) is 43.9 Å². The Balaban J connectivity index is 1.62. The van der Waals surface area contributed by atoms with Crippen LogP contribution in [0.4, 0.5) is 5.69 Å². The van der Waals surface area contributed by atoms with E-state index in [0.29, 0.717) is 23.1 Å². The van der Waals surface area contributed by atoms with Gasteiger partial charge in [-0.2, -0.15) is 4.31 Å². The van der Waals surface area contributed by atoms with Crippen molar-refractivity contribution in [3.05, 3.63) is 57.6 Å². The summed E-state index contributed by atoms with van der Waals surface area (Å²) in [5, 5.41) is 0.646. The van der Waals surface area contributed by atoms with Crippen LogP contribution in [0.15, 0.2) is 41.3 Å². The van der Waals surface area contributed by atoms with E-state index in [2.05, 4.69) is 35.0 Å². The quantitative estimate of drug-likeness (QED) is 0.706. The molecular formula is C21H25Cl2N3O2S. The minimum atomic E-state index is -3.67. The average molecular weight is 454 g/mol. The number of piperazine rings is 1. The number of anilines is 1. The van der Waals surface area contributed by atoms with Crippen LogP contribution in [-0.2, 0) is 23.0 Å². The van der Waals surface area contributed by atoms with Gasteiger partial charge in [0.1, 0.15) is 0 Å². The number of likely N-dealkylation sites (N-methyl/N-ethyl adjacent to an activating group) is 1. The zero-order valence-electron chi connectivity index (χ0n) is 16.4. The lowest BCUT2D eigenvalue weighted by atomic mass is 10.0. The number of aryl methyl sites for hydroxylation is 1. The standard InChI is InChI=1S/C21H25Cl2N3O2S/c1-24-7-9-25(10-8-24)20-5-4-16-3-2-6-26(15-17(16)11-20)29(27,28)21-13-18(22)12-19(23)14-21/h4-5,11-14H,2-3,6-10,15H2,1H3. The van der Waals surface area contributed by atoms with Gasteiger partial charge in [0.25, 0.3) is 0 Å². The second-order valence-corrected chi connectivity index (χ2v) is 10.6. The molecule has 0 saturated carbocycles. The van der Waals surface area contributed by atoms with Crippen molar-refractivity contribution in [1.82, 2.24) is 9.21 Å². The Morgan fingerprint density at radius 2 is 1.55 bits per heavy atom. The maximum Gasteiger partial charge on any atom is 0.243 e. The second kappa shape index (κ2) is 8.44. The summed E-state index contributed by atoms with van der Waals surface area (Å²) in [4.78, 5) is 4.85. The second-order valence-electron chi connectivity index (χ2n) is 7.79. The molecule has 2 aromatic rings. The summed E-state index contributed by atoms with van der Waals surface area (Å²) in [6.45, 7) is 4.88. The molecule has 2 heterocycles. The smallest absolute Gasteiger partial charge is 0.243 e. The van der Waals surface area contributed by atoms with E-state index >= 15 is 0 Å². The molecule has 0 amide bonds. The Morgan fingerprint density at radius 1 is 0.862 bits per heavy atom. The zero-order chi connectivity index (χ0) is 20.6. The van der Waals surface area contributed by atoms with Gasteiger partial charge in [-0.1, -0.05) is 29.3 Å². The molecule has 1 fully saturated rings. The molecule has 0 bridgehead atoms. The van der Waals surface area contributed by atoms with Crippen LogP contribution in [0.2, 0.25) is 10.0 Å². The average Bonchev–Trinajstić information content (AvgIpc) is 2.90. The Hall–Kier alpha value is -1.31. The third-order valence-electron chi connectivity index (χ3n) is 5.73. The summed E-state index contributed by atoms with van der Waals surface area (Å²) in [5.74, 6) is 0. The molecule has 0 spiro atoms. The van der Waals surface area contributed by atoms with E-state index in [1.54, 1.807) is 10.4 Å². The molecule has 2 aliphatic rings. The molecule has 2 aliphatic heterocycles. The minimum absolute atomic E-state index is 0.147. The SMILES string of the molecule is CN1CCN(c2ccc3c(c2)CN(S(=O)(=O)c2cc(Cl)cc(Cl)c2)CCC3)CC1. The molecule has 0 atom stereocenters. The van der Waals surface area contributed by atoms with Crippen molar-refractivity contribution in [2.24, 2.45) is 0 Å². The first-order chi connectivity index (χ1) is 13.8. The normalized spacial score (nSPS) is 19.1. The highest BCUT2D eigenvalue weighted by Crippen LogP contribution is 2.30. The van der Waals surface area contributed by atoms with Crippen molar-refractivity contribution in [2.75, 3.05) is 44.7 Å². The molecule has 1 saturated heterocycles. The molecule has 29 heavy (non-hydrogen) atoms. The van der Waals surface area contributed by atoms with Crippen molar-refractivity contribution in [1.29, 1.82) is 0 Å². The van der Waals surface area contributed by atoms with Crippen LogP contribution in [-0.4, -0.2) is 57.4 Å². The summed E-state index contributed by atoms with van der Waals surface area (Å²) in [5.41, 5.74) is 3.47. The highest BCUT2D eigenvalue weighted by Gasteiger charge is 2.28. The maximum absolute atomic E-state index is 13.3. The number of hydrogen-bond acceptors (Lipinski definition) is 4. The van der Waals surface area contributed by atoms with Gasteiger partial charge >= 0.3 is 0 Å². The number of rotatable bonds is 3. The van der Waals surface area contributed by atoms with Gasteiger partial charge in [0, 0.05) is 55.0 Å². The zero-order valence-corrected chi connectivity index (χ0v) is 18.8. The van der Waals surface area contributed by atoms with Crippen LogP contribution in [0.3, 0.4) is 0 Å². The summed E-state index contributed by atoms with van der Waals surface area (Å²) >= 11 is 12.1. The first kappa shape index (κ1) is 20.9. The van der Waals surface area contributed by atoms with Crippen molar-refractivity contribution in [2.45, 2.75) is 24.3 Å². The molecular weight excluding hydrogens is 429 g/mol. The molecule has 156 valence electrons. The van der Waals surface area contributed by atoms with Crippen molar-refractivity contribution < 1.29 is 8.42 Å². The van der Waals surface area contributed by atoms with Crippen molar-refractivity contribution in [3.63, 3.8) is 0 Å². The van der Waals surface area contributed by atoms with E-state index in [9.17, 15) is 8.42 Å². The van der Waals surface area contributed by atoms with E-state index in [-0.39, 0.29) is 4.90 Å². The van der Waals surface area contributed by atoms with Crippen LogP contribution in [0, 0.1) is 0 Å². The monoisotopic (exact) mass is 453 g/mol. The van der Waals surface area contributed by atoms with Crippen LogP contribution in [0.1, 0.15) is 17.5 Å². The van der Waals surface area contributed by atoms with E-state index in [1.807, 2.05) is 0 Å². The predicted molar refractivity (Wildman–Crippen MR) is 119 cm³/mol. The van der Waals surface area contributed by atoms with E-state index < -0.39 is 10.0 Å². The van der Waals surface area contributed by atoms with Crippen LogP contribution in [0.5, 0.6) is 0 Å². The van der Waals surface area contributed by atoms with Gasteiger partial charge in [0.15, 0.2) is 0 Å². The number of hydrogen-bond donors (Lipinski definition) is 0. The highest BCUT2D eigenvalue weighted by atomic mass is 35.5. The Kier molecular flexibility index (Phi) is 6.09. The highest BCUT2D eigenvalue weighted by molar-refractivity contribution is 7.89. The molecule has 0 N–H and O–H groups in total. The number of fused-ring (bicyclic) bond motifs is 1. The number of halogens is 2. The van der Waals surface area contributed by atoms with Crippen molar-refractivity contribution >= 4 is 38.9 Å². The summed E-state index contributed by atoms with van der Waals surface area (Å²) in [6, 6.07) is 11.0. The molecule has 8 heteroatoms. The van der Waals surface area contributed by atoms with Gasteiger partial charge in [-0.15, -0.1) is 0 Å². The van der Waals surface area contributed by atoms with Gasteiger partial charge in [-0.3, -0.25) is 0 Å². The predicted octanol–water partition coefficient (Wildman–Crippen LogP) is 3.88. The Labute approximate surface area is 182 Å². The lowest BCUT2D eigenvalue weighted by molar-refractivity contribution is 0.313. The molecule has 0 aromatic heterocycles. The van der Waals surface area contributed by atoms with Crippen molar-refractivity contribution in [3.8, 4) is 0 Å². The molecule has 4 rings (SSSR count). The Bertz CT molecular complexity index is 985. The Morgan fingerprint density at radius 3 is 2.24 bits per heavy atom. The number of nitrogens with zero attached hydrogens (tertiary/aromatic N) is 3. The fraction of sp³-hybridized carbons (Fsp3) is 0.429. The molecule has 0 unspecified atom stereocenters. The number of sulfonamides is 1. The van der Waals surface area contributed by atoms with Gasteiger partial charge in [-0.25, -0.2) is 8.42 Å². The largest absolute Gasteiger partial charge is 0.369 e. The first-order valence-electron chi connectivity index (χ1n) is 9.84. The lowest BCUT2D eigenvalue weighted by Gasteiger charge is -2.34. The fourth-order valence-electron chi connectivity index (χ4n) is 4.01. The van der Waals surface area contributed by atoms with E-state index in [0.717, 1.165) is 44.6 Å². The lowest BCUT2D eigenvalue weighted by Crippen LogP contribution is -2.44. The summed E-state index contributed by atoms with van der Waals surface area (Å²) in [6.07, 6.45) is 1.66. The van der Waals surface area contributed by atoms with Gasteiger partial charge in [0.2, 0.25) is 10.0 Å². The van der Waals surface area contributed by atoms with E-state index in [1.165, 1.54) is 23.4 Å². The van der Waals surface area contributed by atoms with Crippen LogP contribution in [0.25, 0.3) is 0 Å². The van der Waals surface area contributed by atoms with Gasteiger partial charge < -0.3 is 9.80 Å². The van der Waals surface area contributed by atoms with Crippen LogP contribution < -0.4 is 4.90 Å². The number of benzene rings is 2. The van der Waals surface area contributed by atoms with Gasteiger partial charge in [0.05, 0.1) is 4.90 Å². The fourth-order valence-corrected chi connectivity index (χ4v) is 6.20. The molecule has 5 nitrogen and oxygen atoms in total. The minimum Gasteiger partial charge on any atom is -0.369 e. The third kappa shape index (κ3) is 4.57. The summed E-state index contributed by atoms with van der Waals surface area (Å²) < 4.78 is 28.1. The molecule has 0 radical (unpaired) electrons. The van der Waals surface area contributed by atoms with Gasteiger partial charge in [-0.05, 0) is 61.3 Å². The first-order valence-corrected chi connectivity index (χ1v) is 12.0. The van der Waals surface area contributed by atoms with E-state index in [4.69, 9.17) is 23.2 Å². The maximum atomic E-state index is 13.3. The molecule has 2 aromatic carbocycles. The van der Waals surface area contributed by atoms with Crippen LogP contribution >= 0.6 is 23.2 Å². The molecule has 0 aliphatic carbocycles. The third-order valence-corrected chi connectivity index (χ3v) is 7.99. The summed E-state index contributed by atoms with van der Waals surface area (Å²) in [7, 11) is -1.54.